The molecule has 0 bridgehead atoms. The van der Waals surface area contributed by atoms with Crippen molar-refractivity contribution in [1.29, 1.82) is 0 Å². The van der Waals surface area contributed by atoms with Crippen molar-refractivity contribution in [3.63, 3.8) is 0 Å². The zero-order valence-corrected chi connectivity index (χ0v) is 14.4. The van der Waals surface area contributed by atoms with Crippen LogP contribution in [0.4, 0.5) is 0 Å². The standard InChI is InChI=1S/C16H28N2O2S/c1-5-8-14-9-11-15(12-10-14)21(19,20)18(7-3)16(4,6-2)13-17/h9-12H,5-8,13,17H2,1-4H3. The Bertz CT molecular complexity index is 534. The minimum Gasteiger partial charge on any atom is -0.329 e. The molecule has 2 N–H and O–H groups in total. The van der Waals surface area contributed by atoms with Gasteiger partial charge in [0.15, 0.2) is 0 Å². The first kappa shape index (κ1) is 18.1. The lowest BCUT2D eigenvalue weighted by molar-refractivity contribution is 0.214. The Morgan fingerprint density at radius 1 is 1.14 bits per heavy atom. The van der Waals surface area contributed by atoms with Gasteiger partial charge in [0.2, 0.25) is 10.0 Å². The molecule has 1 rings (SSSR count). The van der Waals surface area contributed by atoms with Crippen molar-refractivity contribution in [2.75, 3.05) is 13.1 Å². The van der Waals surface area contributed by atoms with Crippen LogP contribution in [0.5, 0.6) is 0 Å². The molecule has 0 aromatic heterocycles. The van der Waals surface area contributed by atoms with E-state index in [1.165, 1.54) is 4.31 Å². The van der Waals surface area contributed by atoms with Gasteiger partial charge in [-0.3, -0.25) is 0 Å². The summed E-state index contributed by atoms with van der Waals surface area (Å²) in [5, 5.41) is 0. The fraction of sp³-hybridized carbons (Fsp3) is 0.625. The van der Waals surface area contributed by atoms with Crippen LogP contribution in [-0.2, 0) is 16.4 Å². The quantitative estimate of drug-likeness (QED) is 0.803. The van der Waals surface area contributed by atoms with E-state index in [0.29, 0.717) is 24.4 Å². The molecule has 1 aromatic rings. The fourth-order valence-electron chi connectivity index (χ4n) is 2.51. The van der Waals surface area contributed by atoms with Gasteiger partial charge in [-0.15, -0.1) is 0 Å². The van der Waals surface area contributed by atoms with Crippen LogP contribution in [0.1, 0.15) is 46.1 Å². The molecule has 0 radical (unpaired) electrons. The fourth-order valence-corrected chi connectivity index (χ4v) is 4.37. The summed E-state index contributed by atoms with van der Waals surface area (Å²) in [6, 6.07) is 7.21. The second-order valence-corrected chi connectivity index (χ2v) is 7.48. The first-order chi connectivity index (χ1) is 9.85. The highest BCUT2D eigenvalue weighted by Gasteiger charge is 2.37. The van der Waals surface area contributed by atoms with E-state index >= 15 is 0 Å². The Labute approximate surface area is 129 Å². The number of likely N-dealkylation sites (N-methyl/N-ethyl adjacent to an activating group) is 1. The molecule has 0 aliphatic carbocycles. The molecule has 120 valence electrons. The first-order valence-electron chi connectivity index (χ1n) is 7.67. The Kier molecular flexibility index (Phi) is 6.38. The van der Waals surface area contributed by atoms with Gasteiger partial charge in [-0.25, -0.2) is 8.42 Å². The van der Waals surface area contributed by atoms with Crippen LogP contribution < -0.4 is 5.73 Å². The number of hydrogen-bond acceptors (Lipinski definition) is 3. The number of rotatable bonds is 8. The summed E-state index contributed by atoms with van der Waals surface area (Å²) in [5.41, 5.74) is 6.44. The van der Waals surface area contributed by atoms with Gasteiger partial charge in [-0.1, -0.05) is 39.3 Å². The predicted molar refractivity (Wildman–Crippen MR) is 87.8 cm³/mol. The molecule has 0 spiro atoms. The van der Waals surface area contributed by atoms with Gasteiger partial charge in [-0.2, -0.15) is 4.31 Å². The van der Waals surface area contributed by atoms with Gasteiger partial charge in [0.1, 0.15) is 0 Å². The van der Waals surface area contributed by atoms with E-state index in [-0.39, 0.29) is 0 Å². The van der Waals surface area contributed by atoms with Gasteiger partial charge >= 0.3 is 0 Å². The number of benzene rings is 1. The molecular weight excluding hydrogens is 284 g/mol. The molecule has 4 nitrogen and oxygen atoms in total. The zero-order valence-electron chi connectivity index (χ0n) is 13.6. The van der Waals surface area contributed by atoms with Gasteiger partial charge < -0.3 is 5.73 Å². The predicted octanol–water partition coefficient (Wildman–Crippen LogP) is 2.78. The Balaban J connectivity index is 3.18. The summed E-state index contributed by atoms with van der Waals surface area (Å²) < 4.78 is 27.3. The third-order valence-electron chi connectivity index (χ3n) is 4.14. The second kappa shape index (κ2) is 7.38. The first-order valence-corrected chi connectivity index (χ1v) is 9.11. The monoisotopic (exact) mass is 312 g/mol. The van der Waals surface area contributed by atoms with E-state index < -0.39 is 15.6 Å². The zero-order chi connectivity index (χ0) is 16.1. The topological polar surface area (TPSA) is 63.4 Å². The van der Waals surface area contributed by atoms with Crippen LogP contribution in [0.25, 0.3) is 0 Å². The Hall–Kier alpha value is -0.910. The Morgan fingerprint density at radius 2 is 1.71 bits per heavy atom. The lowest BCUT2D eigenvalue weighted by Gasteiger charge is -2.38. The molecule has 1 unspecified atom stereocenters. The summed E-state index contributed by atoms with van der Waals surface area (Å²) in [7, 11) is -3.51. The summed E-state index contributed by atoms with van der Waals surface area (Å²) in [6.45, 7) is 8.56. The highest BCUT2D eigenvalue weighted by Crippen LogP contribution is 2.26. The van der Waals surface area contributed by atoms with Crippen molar-refractivity contribution in [1.82, 2.24) is 4.31 Å². The van der Waals surface area contributed by atoms with E-state index in [9.17, 15) is 8.42 Å². The molecule has 5 heteroatoms. The van der Waals surface area contributed by atoms with Crippen LogP contribution in [0.2, 0.25) is 0 Å². The van der Waals surface area contributed by atoms with Crippen LogP contribution in [0.3, 0.4) is 0 Å². The van der Waals surface area contributed by atoms with Crippen LogP contribution >= 0.6 is 0 Å². The second-order valence-electron chi connectivity index (χ2n) is 5.62. The molecule has 1 aromatic carbocycles. The maximum Gasteiger partial charge on any atom is 0.243 e. The molecule has 0 amide bonds. The third-order valence-corrected chi connectivity index (χ3v) is 6.29. The summed E-state index contributed by atoms with van der Waals surface area (Å²) >= 11 is 0. The molecule has 0 fully saturated rings. The Morgan fingerprint density at radius 3 is 2.10 bits per heavy atom. The van der Waals surface area contributed by atoms with Gasteiger partial charge in [-0.05, 0) is 37.5 Å². The molecule has 1 atom stereocenters. The molecule has 21 heavy (non-hydrogen) atoms. The van der Waals surface area contributed by atoms with Crippen LogP contribution in [-0.4, -0.2) is 31.4 Å². The highest BCUT2D eigenvalue weighted by molar-refractivity contribution is 7.89. The smallest absolute Gasteiger partial charge is 0.243 e. The van der Waals surface area contributed by atoms with Crippen molar-refractivity contribution >= 4 is 10.0 Å². The minimum absolute atomic E-state index is 0.310. The van der Waals surface area contributed by atoms with Crippen LogP contribution in [0.15, 0.2) is 29.2 Å². The van der Waals surface area contributed by atoms with Crippen molar-refractivity contribution < 1.29 is 8.42 Å². The maximum atomic E-state index is 12.9. The van der Waals surface area contributed by atoms with E-state index in [1.807, 2.05) is 32.9 Å². The molecule has 0 aliphatic heterocycles. The van der Waals surface area contributed by atoms with E-state index in [2.05, 4.69) is 6.92 Å². The maximum absolute atomic E-state index is 12.9. The number of sulfonamides is 1. The van der Waals surface area contributed by atoms with Crippen molar-refractivity contribution in [3.8, 4) is 0 Å². The van der Waals surface area contributed by atoms with E-state index in [1.54, 1.807) is 12.1 Å². The van der Waals surface area contributed by atoms with Crippen molar-refractivity contribution in [2.24, 2.45) is 5.73 Å². The molecule has 0 aliphatic rings. The number of nitrogens with zero attached hydrogens (tertiary/aromatic N) is 1. The van der Waals surface area contributed by atoms with Crippen LogP contribution in [0, 0.1) is 0 Å². The molecule has 0 saturated carbocycles. The van der Waals surface area contributed by atoms with Gasteiger partial charge in [0, 0.05) is 18.6 Å². The number of aryl methyl sites for hydroxylation is 1. The summed E-state index contributed by atoms with van der Waals surface area (Å²) in [6.07, 6.45) is 2.70. The normalized spacial score (nSPS) is 15.1. The average Bonchev–Trinajstić information content (AvgIpc) is 2.48. The number of nitrogens with two attached hydrogens (primary N) is 1. The third kappa shape index (κ3) is 3.84. The molecule has 0 heterocycles. The SMILES string of the molecule is CCCc1ccc(S(=O)(=O)N(CC)C(C)(CC)CN)cc1. The molecular formula is C16H28N2O2S. The average molecular weight is 312 g/mol. The van der Waals surface area contributed by atoms with E-state index in [4.69, 9.17) is 5.73 Å². The lowest BCUT2D eigenvalue weighted by Crippen LogP contribution is -2.53. The number of hydrogen-bond donors (Lipinski definition) is 1. The van der Waals surface area contributed by atoms with Crippen molar-refractivity contribution in [2.45, 2.75) is 57.4 Å². The van der Waals surface area contributed by atoms with Crippen molar-refractivity contribution in [3.05, 3.63) is 29.8 Å². The largest absolute Gasteiger partial charge is 0.329 e. The highest BCUT2D eigenvalue weighted by atomic mass is 32.2. The molecule has 0 saturated heterocycles. The van der Waals surface area contributed by atoms with Gasteiger partial charge in [0.25, 0.3) is 0 Å². The summed E-state index contributed by atoms with van der Waals surface area (Å²) in [5.74, 6) is 0. The van der Waals surface area contributed by atoms with E-state index in [0.717, 1.165) is 18.4 Å². The van der Waals surface area contributed by atoms with Gasteiger partial charge in [0.05, 0.1) is 4.90 Å². The summed E-state index contributed by atoms with van der Waals surface area (Å²) in [4.78, 5) is 0.345. The lowest BCUT2D eigenvalue weighted by atomic mass is 9.99. The minimum atomic E-state index is -3.51.